The normalized spacial score (nSPS) is 10.0. The van der Waals surface area contributed by atoms with Crippen LogP contribution < -0.4 is 10.1 Å². The lowest BCUT2D eigenvalue weighted by molar-refractivity contribution is -0.147. The topological polar surface area (TPSA) is 64.6 Å². The maximum atomic E-state index is 11.6. The van der Waals surface area contributed by atoms with Gasteiger partial charge >= 0.3 is 5.97 Å². The highest BCUT2D eigenvalue weighted by Gasteiger charge is 2.09. The first-order valence-corrected chi connectivity index (χ1v) is 7.63. The lowest BCUT2D eigenvalue weighted by atomic mass is 10.2. The second-order valence-corrected chi connectivity index (χ2v) is 5.57. The molecular weight excluding hydrogens is 302 g/mol. The van der Waals surface area contributed by atoms with Gasteiger partial charge in [-0.05, 0) is 29.1 Å². The van der Waals surface area contributed by atoms with Gasteiger partial charge in [0.25, 0.3) is 5.91 Å². The summed E-state index contributed by atoms with van der Waals surface area (Å²) in [6.07, 6.45) is 0.198. The Balaban J connectivity index is 1.67. The summed E-state index contributed by atoms with van der Waals surface area (Å²) in [7, 11) is 1.60. The van der Waals surface area contributed by atoms with E-state index in [1.54, 1.807) is 7.11 Å². The quantitative estimate of drug-likeness (QED) is 0.794. The van der Waals surface area contributed by atoms with Crippen molar-refractivity contribution in [2.45, 2.75) is 13.0 Å². The number of thiophene rings is 1. The number of methoxy groups -OCH3 is 1. The van der Waals surface area contributed by atoms with Gasteiger partial charge in [0, 0.05) is 11.4 Å². The number of rotatable bonds is 7. The molecule has 22 heavy (non-hydrogen) atoms. The minimum atomic E-state index is -0.401. The highest BCUT2D eigenvalue weighted by Crippen LogP contribution is 2.11. The first-order valence-electron chi connectivity index (χ1n) is 6.75. The Labute approximate surface area is 132 Å². The van der Waals surface area contributed by atoms with Gasteiger partial charge in [-0.2, -0.15) is 0 Å². The number of esters is 1. The summed E-state index contributed by atoms with van der Waals surface area (Å²) >= 11 is 1.48. The Morgan fingerprint density at radius 1 is 1.18 bits per heavy atom. The molecule has 0 spiro atoms. The van der Waals surface area contributed by atoms with Crippen LogP contribution in [0.25, 0.3) is 0 Å². The van der Waals surface area contributed by atoms with Gasteiger partial charge in [0.2, 0.25) is 0 Å². The first-order chi connectivity index (χ1) is 10.7. The molecule has 1 amide bonds. The second kappa shape index (κ2) is 8.19. The van der Waals surface area contributed by atoms with Crippen LogP contribution in [0.15, 0.2) is 41.8 Å². The van der Waals surface area contributed by atoms with Crippen molar-refractivity contribution in [3.05, 3.63) is 52.2 Å². The predicted molar refractivity (Wildman–Crippen MR) is 83.8 cm³/mol. The molecule has 0 saturated carbocycles. The molecule has 2 rings (SSSR count). The van der Waals surface area contributed by atoms with Crippen molar-refractivity contribution < 1.29 is 19.1 Å². The molecule has 1 aromatic carbocycles. The Morgan fingerprint density at radius 3 is 2.59 bits per heavy atom. The minimum absolute atomic E-state index is 0.198. The van der Waals surface area contributed by atoms with Gasteiger partial charge in [0.05, 0.1) is 13.5 Å². The molecule has 5 nitrogen and oxygen atoms in total. The van der Waals surface area contributed by atoms with E-state index in [-0.39, 0.29) is 18.9 Å². The van der Waals surface area contributed by atoms with Gasteiger partial charge in [0.1, 0.15) is 5.75 Å². The van der Waals surface area contributed by atoms with Crippen LogP contribution >= 0.6 is 11.3 Å². The molecule has 0 atom stereocenters. The smallest absolute Gasteiger partial charge is 0.311 e. The molecular formula is C16H17NO4S. The molecule has 1 aromatic heterocycles. The third kappa shape index (κ3) is 5.21. The van der Waals surface area contributed by atoms with Crippen LogP contribution in [0.1, 0.15) is 10.4 Å². The van der Waals surface area contributed by atoms with E-state index in [1.165, 1.54) is 11.3 Å². The fourth-order valence-electron chi connectivity index (χ4n) is 1.75. The maximum Gasteiger partial charge on any atom is 0.311 e. The molecule has 1 heterocycles. The van der Waals surface area contributed by atoms with Crippen LogP contribution in [0.5, 0.6) is 5.75 Å². The Hall–Kier alpha value is -2.34. The number of hydrogen-bond acceptors (Lipinski definition) is 5. The van der Waals surface area contributed by atoms with E-state index in [0.29, 0.717) is 6.54 Å². The van der Waals surface area contributed by atoms with Crippen LogP contribution in [-0.2, 0) is 27.3 Å². The number of ether oxygens (including phenoxy) is 2. The zero-order chi connectivity index (χ0) is 15.8. The Bertz CT molecular complexity index is 608. The maximum absolute atomic E-state index is 11.6. The third-order valence-electron chi connectivity index (χ3n) is 2.91. The molecule has 0 unspecified atom stereocenters. The van der Waals surface area contributed by atoms with Crippen molar-refractivity contribution >= 4 is 23.2 Å². The van der Waals surface area contributed by atoms with Crippen molar-refractivity contribution in [2.75, 3.05) is 13.7 Å². The summed E-state index contributed by atoms with van der Waals surface area (Å²) in [6.45, 7) is 0.117. The van der Waals surface area contributed by atoms with E-state index in [0.717, 1.165) is 16.2 Å². The Morgan fingerprint density at radius 2 is 1.95 bits per heavy atom. The van der Waals surface area contributed by atoms with Crippen molar-refractivity contribution in [3.8, 4) is 5.75 Å². The number of hydrogen-bond donors (Lipinski definition) is 1. The van der Waals surface area contributed by atoms with Gasteiger partial charge in [-0.3, -0.25) is 9.59 Å². The molecule has 116 valence electrons. The molecule has 1 N–H and O–H groups in total. The van der Waals surface area contributed by atoms with E-state index in [2.05, 4.69) is 5.32 Å². The zero-order valence-corrected chi connectivity index (χ0v) is 13.0. The zero-order valence-electron chi connectivity index (χ0n) is 12.2. The summed E-state index contributed by atoms with van der Waals surface area (Å²) in [5.41, 5.74) is 0.944. The average molecular weight is 319 g/mol. The lowest BCUT2D eigenvalue weighted by Crippen LogP contribution is -2.28. The molecule has 0 aliphatic carbocycles. The number of carbonyl (C=O) groups excluding carboxylic acids is 2. The lowest BCUT2D eigenvalue weighted by Gasteiger charge is -2.07. The van der Waals surface area contributed by atoms with Crippen LogP contribution in [0.2, 0.25) is 0 Å². The van der Waals surface area contributed by atoms with Gasteiger partial charge in [-0.1, -0.05) is 18.2 Å². The van der Waals surface area contributed by atoms with Crippen molar-refractivity contribution in [3.63, 3.8) is 0 Å². The standard InChI is InChI=1S/C16H17NO4S/c1-20-13-6-4-12(5-7-13)10-17-15(18)11-21-16(19)9-14-3-2-8-22-14/h2-8H,9-11H2,1H3,(H,17,18). The summed E-state index contributed by atoms with van der Waals surface area (Å²) in [4.78, 5) is 24.1. The third-order valence-corrected chi connectivity index (χ3v) is 3.79. The molecule has 0 aliphatic heterocycles. The number of amides is 1. The molecule has 0 radical (unpaired) electrons. The summed E-state index contributed by atoms with van der Waals surface area (Å²) in [5.74, 6) is 0.0370. The van der Waals surface area contributed by atoms with Crippen LogP contribution in [-0.4, -0.2) is 25.6 Å². The predicted octanol–water partition coefficient (Wildman–Crippen LogP) is 2.16. The highest BCUT2D eigenvalue weighted by atomic mass is 32.1. The molecule has 0 aliphatic rings. The van der Waals surface area contributed by atoms with E-state index in [9.17, 15) is 9.59 Å². The van der Waals surface area contributed by atoms with Gasteiger partial charge in [-0.25, -0.2) is 0 Å². The van der Waals surface area contributed by atoms with Crippen molar-refractivity contribution in [1.82, 2.24) is 5.32 Å². The molecule has 2 aromatic rings. The highest BCUT2D eigenvalue weighted by molar-refractivity contribution is 7.10. The monoisotopic (exact) mass is 319 g/mol. The first kappa shape index (κ1) is 16.0. The second-order valence-electron chi connectivity index (χ2n) is 4.54. The van der Waals surface area contributed by atoms with Crippen LogP contribution in [0.4, 0.5) is 0 Å². The molecule has 0 fully saturated rings. The Kier molecular flexibility index (Phi) is 5.97. The van der Waals surface area contributed by atoms with E-state index >= 15 is 0 Å². The minimum Gasteiger partial charge on any atom is -0.497 e. The van der Waals surface area contributed by atoms with E-state index in [4.69, 9.17) is 9.47 Å². The molecule has 0 bridgehead atoms. The summed E-state index contributed by atoms with van der Waals surface area (Å²) < 4.78 is 10.00. The van der Waals surface area contributed by atoms with Crippen LogP contribution in [0.3, 0.4) is 0 Å². The summed E-state index contributed by atoms with van der Waals surface area (Å²) in [6, 6.07) is 11.1. The van der Waals surface area contributed by atoms with Gasteiger partial charge in [0.15, 0.2) is 6.61 Å². The van der Waals surface area contributed by atoms with E-state index < -0.39 is 5.97 Å². The number of benzene rings is 1. The van der Waals surface area contributed by atoms with Crippen molar-refractivity contribution in [1.29, 1.82) is 0 Å². The molecule has 0 saturated heterocycles. The van der Waals surface area contributed by atoms with Crippen molar-refractivity contribution in [2.24, 2.45) is 0 Å². The molecule has 6 heteroatoms. The van der Waals surface area contributed by atoms with Gasteiger partial charge in [-0.15, -0.1) is 11.3 Å². The largest absolute Gasteiger partial charge is 0.497 e. The fourth-order valence-corrected chi connectivity index (χ4v) is 2.44. The number of nitrogens with one attached hydrogen (secondary N) is 1. The average Bonchev–Trinajstić information content (AvgIpc) is 3.04. The van der Waals surface area contributed by atoms with Crippen LogP contribution in [0, 0.1) is 0 Å². The number of carbonyl (C=O) groups is 2. The fraction of sp³-hybridized carbons (Fsp3) is 0.250. The SMILES string of the molecule is COc1ccc(CNC(=O)COC(=O)Cc2cccs2)cc1. The van der Waals surface area contributed by atoms with E-state index in [1.807, 2.05) is 41.8 Å². The van der Waals surface area contributed by atoms with Gasteiger partial charge < -0.3 is 14.8 Å². The summed E-state index contributed by atoms with van der Waals surface area (Å²) in [5, 5.41) is 4.59.